The summed E-state index contributed by atoms with van der Waals surface area (Å²) in [4.78, 5) is 23.5. The van der Waals surface area contributed by atoms with E-state index in [4.69, 9.17) is 0 Å². The molecule has 0 aliphatic rings. The summed E-state index contributed by atoms with van der Waals surface area (Å²) in [6, 6.07) is 11.8. The fourth-order valence-electron chi connectivity index (χ4n) is 1.62. The molecule has 2 aromatic rings. The Morgan fingerprint density at radius 3 is 2.23 bits per heavy atom. The van der Waals surface area contributed by atoms with Crippen LogP contribution in [0.2, 0.25) is 0 Å². The van der Waals surface area contributed by atoms with E-state index >= 15 is 0 Å². The van der Waals surface area contributed by atoms with E-state index in [-0.39, 0.29) is 5.56 Å². The number of aliphatic hydroxyl groups is 1. The third-order valence-electron chi connectivity index (χ3n) is 2.73. The molecule has 1 amide bonds. The summed E-state index contributed by atoms with van der Waals surface area (Å²) in [6.45, 7) is 0. The van der Waals surface area contributed by atoms with Crippen molar-refractivity contribution in [2.75, 3.05) is 5.32 Å². The number of ketones is 1. The molecule has 0 spiro atoms. The van der Waals surface area contributed by atoms with Crippen molar-refractivity contribution in [2.24, 2.45) is 0 Å². The maximum atomic E-state index is 12.8. The van der Waals surface area contributed by atoms with Gasteiger partial charge in [-0.05, 0) is 71.1 Å². The lowest BCUT2D eigenvalue weighted by molar-refractivity contribution is -0.131. The topological polar surface area (TPSA) is 66.4 Å². The van der Waals surface area contributed by atoms with E-state index in [9.17, 15) is 19.1 Å². The summed E-state index contributed by atoms with van der Waals surface area (Å²) >= 11 is 2.12. The third kappa shape index (κ3) is 4.39. The number of carbonyl (C=O) groups is 2. The number of hydrogen-bond donors (Lipinski definition) is 2. The second-order valence-electron chi connectivity index (χ2n) is 4.36. The molecule has 2 N–H and O–H groups in total. The van der Waals surface area contributed by atoms with Crippen LogP contribution in [0, 0.1) is 9.39 Å². The highest BCUT2D eigenvalue weighted by Gasteiger charge is 2.13. The van der Waals surface area contributed by atoms with Crippen LogP contribution in [0.3, 0.4) is 0 Å². The predicted octanol–water partition coefficient (Wildman–Crippen LogP) is 3.54. The van der Waals surface area contributed by atoms with Gasteiger partial charge in [0.2, 0.25) is 5.78 Å². The van der Waals surface area contributed by atoms with Gasteiger partial charge in [0, 0.05) is 20.9 Å². The number of halogens is 2. The Morgan fingerprint density at radius 1 is 1.05 bits per heavy atom. The van der Waals surface area contributed by atoms with Gasteiger partial charge < -0.3 is 10.4 Å². The maximum absolute atomic E-state index is 12.8. The van der Waals surface area contributed by atoms with Crippen molar-refractivity contribution in [1.29, 1.82) is 0 Å². The fourth-order valence-corrected chi connectivity index (χ4v) is 1.98. The van der Waals surface area contributed by atoms with Crippen LogP contribution in [0.1, 0.15) is 5.56 Å². The van der Waals surface area contributed by atoms with Crippen molar-refractivity contribution in [3.8, 4) is 0 Å². The first-order valence-electron chi connectivity index (χ1n) is 6.23. The molecule has 6 heteroatoms. The molecule has 0 fully saturated rings. The van der Waals surface area contributed by atoms with E-state index < -0.39 is 23.3 Å². The number of hydrogen-bond acceptors (Lipinski definition) is 3. The highest BCUT2D eigenvalue weighted by atomic mass is 127. The summed E-state index contributed by atoms with van der Waals surface area (Å²) in [5.41, 5.74) is 0.727. The lowest BCUT2D eigenvalue weighted by atomic mass is 10.1. The Hall–Kier alpha value is -2.22. The van der Waals surface area contributed by atoms with Crippen LogP contribution >= 0.6 is 22.6 Å². The summed E-state index contributed by atoms with van der Waals surface area (Å²) in [5.74, 6) is -2.63. The van der Waals surface area contributed by atoms with Gasteiger partial charge in [0.15, 0.2) is 0 Å². The zero-order chi connectivity index (χ0) is 16.1. The molecular formula is C16H11FINO3. The van der Waals surface area contributed by atoms with Crippen LogP contribution in [0.15, 0.2) is 54.6 Å². The molecule has 4 nitrogen and oxygen atoms in total. The normalized spacial score (nSPS) is 11.1. The number of nitrogens with one attached hydrogen (secondary N) is 1. The average molecular weight is 411 g/mol. The molecule has 0 saturated carbocycles. The highest BCUT2D eigenvalue weighted by Crippen LogP contribution is 2.13. The Balaban J connectivity index is 2.07. The number of anilines is 1. The minimum Gasteiger partial charge on any atom is -0.507 e. The van der Waals surface area contributed by atoms with Gasteiger partial charge >= 0.3 is 0 Å². The molecular weight excluding hydrogens is 400 g/mol. The Bertz CT molecular complexity index is 724. The summed E-state index contributed by atoms with van der Waals surface area (Å²) in [6.07, 6.45) is 0.801. The highest BCUT2D eigenvalue weighted by molar-refractivity contribution is 14.1. The number of benzene rings is 2. The molecule has 2 rings (SSSR count). The van der Waals surface area contributed by atoms with E-state index in [1.165, 1.54) is 12.1 Å². The van der Waals surface area contributed by atoms with Crippen LogP contribution < -0.4 is 5.32 Å². The molecule has 0 saturated heterocycles. The third-order valence-corrected chi connectivity index (χ3v) is 3.45. The largest absolute Gasteiger partial charge is 0.507 e. The molecule has 0 radical (unpaired) electrons. The smallest absolute Gasteiger partial charge is 0.296 e. The van der Waals surface area contributed by atoms with Crippen molar-refractivity contribution in [3.63, 3.8) is 0 Å². The first-order chi connectivity index (χ1) is 10.5. The van der Waals surface area contributed by atoms with Crippen molar-refractivity contribution in [3.05, 3.63) is 69.6 Å². The van der Waals surface area contributed by atoms with Crippen LogP contribution in [-0.2, 0) is 9.59 Å². The summed E-state index contributed by atoms with van der Waals surface area (Å²) < 4.78 is 13.8. The maximum Gasteiger partial charge on any atom is 0.296 e. The average Bonchev–Trinajstić information content (AvgIpc) is 2.50. The molecule has 2 aromatic carbocycles. The molecule has 0 aromatic heterocycles. The standard InChI is InChI=1S/C16H11FINO3/c17-11-3-1-10(2-4-11)14(20)9-15(21)16(22)19-13-7-5-12(18)6-8-13/h1-9,20H,(H,19,22)/b14-9-. The van der Waals surface area contributed by atoms with Gasteiger partial charge in [-0.15, -0.1) is 0 Å². The van der Waals surface area contributed by atoms with Crippen molar-refractivity contribution in [2.45, 2.75) is 0 Å². The molecule has 0 bridgehead atoms. The Morgan fingerprint density at radius 2 is 1.64 bits per heavy atom. The number of carbonyl (C=O) groups excluding carboxylic acids is 2. The second-order valence-corrected chi connectivity index (χ2v) is 5.61. The SMILES string of the molecule is O=C(/C=C(\O)c1ccc(F)cc1)C(=O)Nc1ccc(I)cc1. The van der Waals surface area contributed by atoms with Gasteiger partial charge in [-0.2, -0.15) is 0 Å². The minimum absolute atomic E-state index is 0.247. The molecule has 0 aliphatic carbocycles. The zero-order valence-electron chi connectivity index (χ0n) is 11.2. The molecule has 0 aliphatic heterocycles. The van der Waals surface area contributed by atoms with Gasteiger partial charge in [-0.25, -0.2) is 4.39 Å². The Labute approximate surface area is 139 Å². The van der Waals surface area contributed by atoms with E-state index in [1.807, 2.05) is 0 Å². The molecule has 0 unspecified atom stereocenters. The number of aliphatic hydroxyl groups excluding tert-OH is 1. The Kier molecular flexibility index (Phi) is 5.26. The van der Waals surface area contributed by atoms with Crippen LogP contribution in [0.5, 0.6) is 0 Å². The molecule has 112 valence electrons. The van der Waals surface area contributed by atoms with Gasteiger partial charge in [0.25, 0.3) is 5.91 Å². The van der Waals surface area contributed by atoms with Crippen molar-refractivity contribution in [1.82, 2.24) is 0 Å². The number of amides is 1. The summed E-state index contributed by atoms with van der Waals surface area (Å²) in [7, 11) is 0. The van der Waals surface area contributed by atoms with Crippen LogP contribution in [0.25, 0.3) is 5.76 Å². The molecule has 0 atom stereocenters. The van der Waals surface area contributed by atoms with E-state index in [0.29, 0.717) is 5.69 Å². The second kappa shape index (κ2) is 7.17. The van der Waals surface area contributed by atoms with E-state index in [0.717, 1.165) is 21.8 Å². The van der Waals surface area contributed by atoms with Crippen molar-refractivity contribution < 1.29 is 19.1 Å². The van der Waals surface area contributed by atoms with Gasteiger partial charge in [-0.3, -0.25) is 9.59 Å². The quantitative estimate of drug-likeness (QED) is 0.350. The predicted molar refractivity (Wildman–Crippen MR) is 89.8 cm³/mol. The van der Waals surface area contributed by atoms with Crippen LogP contribution in [-0.4, -0.2) is 16.8 Å². The minimum atomic E-state index is -0.902. The van der Waals surface area contributed by atoms with E-state index in [1.54, 1.807) is 24.3 Å². The lowest BCUT2D eigenvalue weighted by Crippen LogP contribution is -2.21. The van der Waals surface area contributed by atoms with Crippen molar-refractivity contribution >= 4 is 45.7 Å². The number of rotatable bonds is 4. The fraction of sp³-hybridized carbons (Fsp3) is 0. The zero-order valence-corrected chi connectivity index (χ0v) is 13.4. The first-order valence-corrected chi connectivity index (χ1v) is 7.31. The molecule has 22 heavy (non-hydrogen) atoms. The van der Waals surface area contributed by atoms with E-state index in [2.05, 4.69) is 27.9 Å². The van der Waals surface area contributed by atoms with Crippen LogP contribution in [0.4, 0.5) is 10.1 Å². The lowest BCUT2D eigenvalue weighted by Gasteiger charge is -2.03. The summed E-state index contributed by atoms with van der Waals surface area (Å²) in [5, 5.41) is 12.2. The monoisotopic (exact) mass is 411 g/mol. The van der Waals surface area contributed by atoms with Gasteiger partial charge in [0.1, 0.15) is 11.6 Å². The first kappa shape index (κ1) is 16.2. The molecule has 0 heterocycles. The van der Waals surface area contributed by atoms with Gasteiger partial charge in [0.05, 0.1) is 0 Å². The van der Waals surface area contributed by atoms with Gasteiger partial charge in [-0.1, -0.05) is 0 Å².